The molecule has 0 saturated heterocycles. The van der Waals surface area contributed by atoms with E-state index in [9.17, 15) is 0 Å². The van der Waals surface area contributed by atoms with Crippen molar-refractivity contribution in [1.82, 2.24) is 0 Å². The molecule has 0 amide bonds. The van der Waals surface area contributed by atoms with Gasteiger partial charge in [0.25, 0.3) is 0 Å². The third-order valence-electron chi connectivity index (χ3n) is 2.69. The minimum Gasteiger partial charge on any atom is -0.0952 e. The lowest BCUT2D eigenvalue weighted by molar-refractivity contribution is 0.542. The molecule has 0 atom stereocenters. The summed E-state index contributed by atoms with van der Waals surface area (Å²) in [5, 5.41) is 0. The molecule has 1 rings (SSSR count). The molecule has 0 aromatic heterocycles. The first-order chi connectivity index (χ1) is 7.20. The van der Waals surface area contributed by atoms with Gasteiger partial charge in [0.15, 0.2) is 0 Å². The largest absolute Gasteiger partial charge is 0.0952 e. The Hall–Kier alpha value is -1.04. The molecular formula is C15H22. The number of unbranched alkanes of at least 4 members (excludes halogenated alkanes) is 1. The third kappa shape index (κ3) is 4.83. The standard InChI is InChI=1S/C15H22/c1-13(2)9-7-8-10-14(3)15-11-5-4-6-12-15/h4-6,11-13H,3,7-10H2,1-2H3. The Kier molecular flexibility index (Phi) is 5.17. The van der Waals surface area contributed by atoms with Gasteiger partial charge >= 0.3 is 0 Å². The molecule has 15 heavy (non-hydrogen) atoms. The molecule has 0 aliphatic rings. The molecule has 0 nitrogen and oxygen atoms in total. The van der Waals surface area contributed by atoms with E-state index >= 15 is 0 Å². The molecular weight excluding hydrogens is 180 g/mol. The topological polar surface area (TPSA) is 0 Å². The molecule has 0 N–H and O–H groups in total. The third-order valence-corrected chi connectivity index (χ3v) is 2.69. The van der Waals surface area contributed by atoms with E-state index in [4.69, 9.17) is 0 Å². The van der Waals surface area contributed by atoms with Gasteiger partial charge in [-0.3, -0.25) is 0 Å². The molecule has 0 unspecified atom stereocenters. The zero-order valence-electron chi connectivity index (χ0n) is 10.00. The van der Waals surface area contributed by atoms with Crippen LogP contribution in [0.2, 0.25) is 0 Å². The summed E-state index contributed by atoms with van der Waals surface area (Å²) >= 11 is 0. The van der Waals surface area contributed by atoms with Crippen molar-refractivity contribution < 1.29 is 0 Å². The van der Waals surface area contributed by atoms with Crippen LogP contribution in [0.4, 0.5) is 0 Å². The number of rotatable bonds is 6. The molecule has 0 spiro atoms. The summed E-state index contributed by atoms with van der Waals surface area (Å²) in [7, 11) is 0. The highest BCUT2D eigenvalue weighted by Crippen LogP contribution is 2.19. The number of hydrogen-bond donors (Lipinski definition) is 0. The number of hydrogen-bond acceptors (Lipinski definition) is 0. The second-order valence-corrected chi connectivity index (χ2v) is 4.61. The lowest BCUT2D eigenvalue weighted by atomic mass is 9.99. The summed E-state index contributed by atoms with van der Waals surface area (Å²) in [5.41, 5.74) is 2.57. The first-order valence-electron chi connectivity index (χ1n) is 5.93. The maximum absolute atomic E-state index is 4.14. The molecule has 82 valence electrons. The van der Waals surface area contributed by atoms with Crippen LogP contribution in [-0.2, 0) is 0 Å². The first kappa shape index (κ1) is 12.0. The maximum atomic E-state index is 4.14. The van der Waals surface area contributed by atoms with Crippen molar-refractivity contribution in [3.05, 3.63) is 42.5 Å². The van der Waals surface area contributed by atoms with Crippen LogP contribution in [0.3, 0.4) is 0 Å². The van der Waals surface area contributed by atoms with Crippen molar-refractivity contribution in [3.8, 4) is 0 Å². The van der Waals surface area contributed by atoms with Crippen LogP contribution in [0, 0.1) is 5.92 Å². The maximum Gasteiger partial charge on any atom is -0.0230 e. The highest BCUT2D eigenvalue weighted by Gasteiger charge is 1.99. The first-order valence-corrected chi connectivity index (χ1v) is 5.93. The molecule has 1 aromatic carbocycles. The Morgan fingerprint density at radius 2 is 1.80 bits per heavy atom. The van der Waals surface area contributed by atoms with Gasteiger partial charge in [0.1, 0.15) is 0 Å². The SMILES string of the molecule is C=C(CCCCC(C)C)c1ccccc1. The minimum atomic E-state index is 0.829. The van der Waals surface area contributed by atoms with Crippen molar-refractivity contribution in [2.24, 2.45) is 5.92 Å². The summed E-state index contributed by atoms with van der Waals surface area (Å²) in [6.45, 7) is 8.71. The fraction of sp³-hybridized carbons (Fsp3) is 0.467. The normalized spacial score (nSPS) is 10.6. The zero-order valence-corrected chi connectivity index (χ0v) is 10.00. The van der Waals surface area contributed by atoms with Gasteiger partial charge in [-0.2, -0.15) is 0 Å². The monoisotopic (exact) mass is 202 g/mol. The number of allylic oxidation sites excluding steroid dienone is 1. The van der Waals surface area contributed by atoms with E-state index in [1.807, 2.05) is 0 Å². The molecule has 1 aromatic rings. The van der Waals surface area contributed by atoms with Gasteiger partial charge in [-0.1, -0.05) is 63.6 Å². The quantitative estimate of drug-likeness (QED) is 0.575. The Morgan fingerprint density at radius 1 is 1.13 bits per heavy atom. The van der Waals surface area contributed by atoms with Crippen molar-refractivity contribution in [2.45, 2.75) is 39.5 Å². The van der Waals surface area contributed by atoms with E-state index in [0.717, 1.165) is 12.3 Å². The summed E-state index contributed by atoms with van der Waals surface area (Å²) in [5.74, 6) is 0.829. The predicted molar refractivity (Wildman–Crippen MR) is 68.8 cm³/mol. The summed E-state index contributed by atoms with van der Waals surface area (Å²) in [6.07, 6.45) is 5.06. The predicted octanol–water partition coefficient (Wildman–Crippen LogP) is 4.92. The van der Waals surface area contributed by atoms with Crippen LogP contribution in [0.1, 0.15) is 45.1 Å². The molecule has 0 saturated carbocycles. The Balaban J connectivity index is 2.25. The molecule has 0 heteroatoms. The molecule has 0 fully saturated rings. The van der Waals surface area contributed by atoms with E-state index in [2.05, 4.69) is 50.8 Å². The van der Waals surface area contributed by atoms with Gasteiger partial charge in [-0.25, -0.2) is 0 Å². The lowest BCUT2D eigenvalue weighted by Gasteiger charge is -2.07. The van der Waals surface area contributed by atoms with Crippen LogP contribution in [-0.4, -0.2) is 0 Å². The minimum absolute atomic E-state index is 0.829. The van der Waals surface area contributed by atoms with Crippen LogP contribution >= 0.6 is 0 Å². The number of benzene rings is 1. The van der Waals surface area contributed by atoms with Gasteiger partial charge in [0.05, 0.1) is 0 Å². The zero-order chi connectivity index (χ0) is 11.1. The second-order valence-electron chi connectivity index (χ2n) is 4.61. The van der Waals surface area contributed by atoms with E-state index in [-0.39, 0.29) is 0 Å². The van der Waals surface area contributed by atoms with Crippen LogP contribution in [0.5, 0.6) is 0 Å². The van der Waals surface area contributed by atoms with Crippen molar-refractivity contribution >= 4 is 5.57 Å². The highest BCUT2D eigenvalue weighted by molar-refractivity contribution is 5.62. The van der Waals surface area contributed by atoms with Gasteiger partial charge < -0.3 is 0 Å². The average molecular weight is 202 g/mol. The smallest absolute Gasteiger partial charge is 0.0230 e. The summed E-state index contributed by atoms with van der Waals surface area (Å²) < 4.78 is 0. The molecule has 0 aliphatic carbocycles. The van der Waals surface area contributed by atoms with Crippen LogP contribution in [0.25, 0.3) is 5.57 Å². The Labute approximate surface area is 94.0 Å². The average Bonchev–Trinajstić information content (AvgIpc) is 2.25. The van der Waals surface area contributed by atoms with Gasteiger partial charge in [-0.15, -0.1) is 0 Å². The lowest BCUT2D eigenvalue weighted by Crippen LogP contribution is -1.88. The fourth-order valence-corrected chi connectivity index (χ4v) is 1.71. The van der Waals surface area contributed by atoms with E-state index in [1.54, 1.807) is 0 Å². The van der Waals surface area contributed by atoms with Crippen molar-refractivity contribution in [1.29, 1.82) is 0 Å². The van der Waals surface area contributed by atoms with Crippen molar-refractivity contribution in [2.75, 3.05) is 0 Å². The molecule has 0 aliphatic heterocycles. The summed E-state index contributed by atoms with van der Waals surface area (Å²) in [6, 6.07) is 10.5. The van der Waals surface area contributed by atoms with Gasteiger partial charge in [-0.05, 0) is 29.9 Å². The van der Waals surface area contributed by atoms with Crippen LogP contribution < -0.4 is 0 Å². The van der Waals surface area contributed by atoms with E-state index < -0.39 is 0 Å². The van der Waals surface area contributed by atoms with Gasteiger partial charge in [0, 0.05) is 0 Å². The molecule has 0 heterocycles. The Morgan fingerprint density at radius 3 is 2.40 bits per heavy atom. The van der Waals surface area contributed by atoms with E-state index in [1.165, 1.54) is 30.4 Å². The Bertz CT molecular complexity index is 282. The van der Waals surface area contributed by atoms with Crippen LogP contribution in [0.15, 0.2) is 36.9 Å². The van der Waals surface area contributed by atoms with Crippen molar-refractivity contribution in [3.63, 3.8) is 0 Å². The van der Waals surface area contributed by atoms with E-state index in [0.29, 0.717) is 0 Å². The van der Waals surface area contributed by atoms with Gasteiger partial charge in [0.2, 0.25) is 0 Å². The molecule has 0 bridgehead atoms. The second kappa shape index (κ2) is 6.44. The molecule has 0 radical (unpaired) electrons. The summed E-state index contributed by atoms with van der Waals surface area (Å²) in [4.78, 5) is 0. The fourth-order valence-electron chi connectivity index (χ4n) is 1.71. The highest BCUT2D eigenvalue weighted by atomic mass is 14.0.